The van der Waals surface area contributed by atoms with Crippen LogP contribution >= 0.6 is 11.6 Å². The molecule has 1 amide bonds. The van der Waals surface area contributed by atoms with Gasteiger partial charge in [-0.2, -0.15) is 0 Å². The zero-order chi connectivity index (χ0) is 12.4. The molecule has 4 nitrogen and oxygen atoms in total. The summed E-state index contributed by atoms with van der Waals surface area (Å²) >= 11 is 5.43. The van der Waals surface area contributed by atoms with Crippen LogP contribution in [-0.4, -0.2) is 23.5 Å². The zero-order valence-corrected chi connectivity index (χ0v) is 9.65. The summed E-state index contributed by atoms with van der Waals surface area (Å²) in [4.78, 5) is 24.1. The van der Waals surface area contributed by atoms with E-state index < -0.39 is 5.97 Å². The lowest BCUT2D eigenvalue weighted by molar-refractivity contribution is -0.117. The van der Waals surface area contributed by atoms with Crippen molar-refractivity contribution in [2.75, 3.05) is 11.4 Å². The molecule has 0 aromatic heterocycles. The van der Waals surface area contributed by atoms with E-state index in [1.807, 2.05) is 0 Å². The summed E-state index contributed by atoms with van der Waals surface area (Å²) in [6.07, 6.45) is 1.91. The van der Waals surface area contributed by atoms with Gasteiger partial charge < -0.3 is 10.0 Å². The van der Waals surface area contributed by atoms with Crippen molar-refractivity contribution in [3.8, 4) is 0 Å². The Kier molecular flexibility index (Phi) is 3.15. The molecule has 1 aliphatic rings. The number of rotatable bonds is 3. The number of hydrogen-bond donors (Lipinski definition) is 1. The summed E-state index contributed by atoms with van der Waals surface area (Å²) in [6.45, 7) is 0.405. The topological polar surface area (TPSA) is 57.6 Å². The first-order valence-electron chi connectivity index (χ1n) is 5.05. The minimum atomic E-state index is -0.987. The standard InChI is InChI=1S/C12H10ClNO3/c13-4-1-5-14-10-3-2-8(12(16)17)6-9(10)7-11(14)15/h1-4,6H,5,7H2,(H,16,17)/b4-1+. The molecule has 0 unspecified atom stereocenters. The highest BCUT2D eigenvalue weighted by Gasteiger charge is 2.26. The molecule has 1 aromatic carbocycles. The molecule has 1 aliphatic heterocycles. The van der Waals surface area contributed by atoms with Gasteiger partial charge in [-0.1, -0.05) is 17.7 Å². The van der Waals surface area contributed by atoms with E-state index in [1.165, 1.54) is 11.6 Å². The summed E-state index contributed by atoms with van der Waals surface area (Å²) in [5, 5.41) is 8.86. The number of aromatic carboxylic acids is 1. The molecule has 0 bridgehead atoms. The first-order valence-corrected chi connectivity index (χ1v) is 5.49. The first kappa shape index (κ1) is 11.7. The van der Waals surface area contributed by atoms with E-state index >= 15 is 0 Å². The molecular formula is C12H10ClNO3. The van der Waals surface area contributed by atoms with Crippen LogP contribution in [0.2, 0.25) is 0 Å². The van der Waals surface area contributed by atoms with E-state index in [4.69, 9.17) is 16.7 Å². The van der Waals surface area contributed by atoms with E-state index in [1.54, 1.807) is 23.1 Å². The van der Waals surface area contributed by atoms with Gasteiger partial charge >= 0.3 is 5.97 Å². The number of carbonyl (C=O) groups excluding carboxylic acids is 1. The number of anilines is 1. The Balaban J connectivity index is 2.35. The second-order valence-corrected chi connectivity index (χ2v) is 3.94. The lowest BCUT2D eigenvalue weighted by Gasteiger charge is -2.14. The minimum absolute atomic E-state index is 0.0442. The average Bonchev–Trinajstić information content (AvgIpc) is 2.61. The van der Waals surface area contributed by atoms with Crippen LogP contribution < -0.4 is 4.90 Å². The zero-order valence-electron chi connectivity index (χ0n) is 8.89. The highest BCUT2D eigenvalue weighted by atomic mass is 35.5. The van der Waals surface area contributed by atoms with Gasteiger partial charge in [-0.15, -0.1) is 0 Å². The van der Waals surface area contributed by atoms with Crippen molar-refractivity contribution in [1.29, 1.82) is 0 Å². The largest absolute Gasteiger partial charge is 0.478 e. The van der Waals surface area contributed by atoms with Crippen molar-refractivity contribution in [1.82, 2.24) is 0 Å². The monoisotopic (exact) mass is 251 g/mol. The highest BCUT2D eigenvalue weighted by molar-refractivity contribution is 6.25. The SMILES string of the molecule is O=C(O)c1ccc2c(c1)CC(=O)N2C/C=C/Cl. The predicted octanol–water partition coefficient (Wildman–Crippen LogP) is 2.03. The molecular weight excluding hydrogens is 242 g/mol. The van der Waals surface area contributed by atoms with Crippen LogP contribution in [0.1, 0.15) is 15.9 Å². The van der Waals surface area contributed by atoms with Crippen LogP contribution in [0.5, 0.6) is 0 Å². The van der Waals surface area contributed by atoms with E-state index in [2.05, 4.69) is 0 Å². The summed E-state index contributed by atoms with van der Waals surface area (Å²) in [5.41, 5.74) is 3.07. The number of nitrogens with zero attached hydrogens (tertiary/aromatic N) is 1. The van der Waals surface area contributed by atoms with Crippen LogP contribution in [0.15, 0.2) is 29.8 Å². The van der Waals surface area contributed by atoms with Gasteiger partial charge in [-0.3, -0.25) is 4.79 Å². The third kappa shape index (κ3) is 2.17. The van der Waals surface area contributed by atoms with Gasteiger partial charge in [0.1, 0.15) is 0 Å². The van der Waals surface area contributed by atoms with E-state index in [9.17, 15) is 9.59 Å². The molecule has 0 saturated carbocycles. The number of carboxylic acid groups (broad SMARTS) is 1. The average molecular weight is 252 g/mol. The molecule has 0 atom stereocenters. The van der Waals surface area contributed by atoms with Crippen molar-refractivity contribution in [2.24, 2.45) is 0 Å². The summed E-state index contributed by atoms with van der Waals surface area (Å²) in [7, 11) is 0. The Bertz CT molecular complexity index is 510. The van der Waals surface area contributed by atoms with Gasteiger partial charge in [0.25, 0.3) is 0 Å². The summed E-state index contributed by atoms with van der Waals surface area (Å²) in [6, 6.07) is 4.70. The molecule has 88 valence electrons. The number of hydrogen-bond acceptors (Lipinski definition) is 2. The number of carboxylic acids is 1. The van der Waals surface area contributed by atoms with Gasteiger partial charge in [0.15, 0.2) is 0 Å². The van der Waals surface area contributed by atoms with Gasteiger partial charge in [-0.05, 0) is 23.8 Å². The Hall–Kier alpha value is -1.81. The van der Waals surface area contributed by atoms with Gasteiger partial charge in [0, 0.05) is 17.8 Å². The Morgan fingerprint density at radius 2 is 2.29 bits per heavy atom. The van der Waals surface area contributed by atoms with Gasteiger partial charge in [-0.25, -0.2) is 4.79 Å². The number of halogens is 1. The maximum Gasteiger partial charge on any atom is 0.335 e. The predicted molar refractivity (Wildman–Crippen MR) is 64.5 cm³/mol. The first-order chi connectivity index (χ1) is 8.13. The van der Waals surface area contributed by atoms with Crippen molar-refractivity contribution in [2.45, 2.75) is 6.42 Å². The fraction of sp³-hybridized carbons (Fsp3) is 0.167. The summed E-state index contributed by atoms with van der Waals surface area (Å²) < 4.78 is 0. The van der Waals surface area contributed by atoms with Gasteiger partial charge in [0.2, 0.25) is 5.91 Å². The third-order valence-electron chi connectivity index (χ3n) is 2.64. The molecule has 1 heterocycles. The quantitative estimate of drug-likeness (QED) is 0.894. The van der Waals surface area contributed by atoms with Crippen molar-refractivity contribution >= 4 is 29.2 Å². The lowest BCUT2D eigenvalue weighted by atomic mass is 10.1. The van der Waals surface area contributed by atoms with Crippen LogP contribution in [0.25, 0.3) is 0 Å². The molecule has 2 rings (SSSR count). The Labute approximate surface area is 103 Å². The van der Waals surface area contributed by atoms with Gasteiger partial charge in [0.05, 0.1) is 12.0 Å². The molecule has 0 spiro atoms. The molecule has 1 N–H and O–H groups in total. The molecule has 0 saturated heterocycles. The van der Waals surface area contributed by atoms with Crippen LogP contribution in [0.3, 0.4) is 0 Å². The maximum atomic E-state index is 11.7. The molecule has 0 aliphatic carbocycles. The second kappa shape index (κ2) is 4.59. The van der Waals surface area contributed by atoms with Crippen LogP contribution in [0, 0.1) is 0 Å². The molecule has 5 heteroatoms. The molecule has 17 heavy (non-hydrogen) atoms. The van der Waals surface area contributed by atoms with Crippen molar-refractivity contribution in [3.63, 3.8) is 0 Å². The van der Waals surface area contributed by atoms with Crippen LogP contribution in [0.4, 0.5) is 5.69 Å². The fourth-order valence-electron chi connectivity index (χ4n) is 1.86. The van der Waals surface area contributed by atoms with Crippen molar-refractivity contribution < 1.29 is 14.7 Å². The smallest absolute Gasteiger partial charge is 0.335 e. The highest BCUT2D eigenvalue weighted by Crippen LogP contribution is 2.29. The normalized spacial score (nSPS) is 14.4. The number of amides is 1. The number of carbonyl (C=O) groups is 2. The third-order valence-corrected chi connectivity index (χ3v) is 2.82. The lowest BCUT2D eigenvalue weighted by Crippen LogP contribution is -2.26. The maximum absolute atomic E-state index is 11.7. The molecule has 1 aromatic rings. The van der Waals surface area contributed by atoms with E-state index in [0.717, 1.165) is 11.3 Å². The Morgan fingerprint density at radius 3 is 2.94 bits per heavy atom. The fourth-order valence-corrected chi connectivity index (χ4v) is 1.94. The van der Waals surface area contributed by atoms with E-state index in [0.29, 0.717) is 6.54 Å². The number of benzene rings is 1. The minimum Gasteiger partial charge on any atom is -0.478 e. The summed E-state index contributed by atoms with van der Waals surface area (Å²) in [5.74, 6) is -1.03. The Morgan fingerprint density at radius 1 is 1.53 bits per heavy atom. The molecule has 0 fully saturated rings. The molecule has 0 radical (unpaired) electrons. The van der Waals surface area contributed by atoms with Crippen LogP contribution in [-0.2, 0) is 11.2 Å². The second-order valence-electron chi connectivity index (χ2n) is 3.69. The van der Waals surface area contributed by atoms with E-state index in [-0.39, 0.29) is 17.9 Å². The van der Waals surface area contributed by atoms with Crippen molar-refractivity contribution in [3.05, 3.63) is 40.9 Å². The number of fused-ring (bicyclic) bond motifs is 1.